The zero-order valence-electron chi connectivity index (χ0n) is 12.9. The van der Waals surface area contributed by atoms with E-state index in [-0.39, 0.29) is 12.3 Å². The molecule has 1 heterocycles. The van der Waals surface area contributed by atoms with Crippen LogP contribution in [0.2, 0.25) is 0 Å². The van der Waals surface area contributed by atoms with Crippen LogP contribution in [0.4, 0.5) is 0 Å². The number of thiophene rings is 1. The molecule has 0 saturated carbocycles. The van der Waals surface area contributed by atoms with E-state index in [4.69, 9.17) is 10.00 Å². The molecule has 0 spiro atoms. The quantitative estimate of drug-likeness (QED) is 0.782. The average molecular weight is 320 g/mol. The topological polar surface area (TPSA) is 70.4 Å². The minimum Gasteiger partial charge on any atom is -0.449 e. The SMILES string of the molecule is C[C@H](OC(=O)c1csc2c1CCCC2)C(=O)N(C)CCC#N. The summed E-state index contributed by atoms with van der Waals surface area (Å²) >= 11 is 1.60. The van der Waals surface area contributed by atoms with Crippen LogP contribution in [0.5, 0.6) is 0 Å². The molecule has 0 radical (unpaired) electrons. The van der Waals surface area contributed by atoms with E-state index in [0.29, 0.717) is 12.1 Å². The predicted molar refractivity (Wildman–Crippen MR) is 83.7 cm³/mol. The second kappa shape index (κ2) is 7.41. The molecule has 1 aliphatic carbocycles. The van der Waals surface area contributed by atoms with Crippen LogP contribution in [0.1, 0.15) is 47.0 Å². The van der Waals surface area contributed by atoms with E-state index in [1.807, 2.05) is 11.4 Å². The number of esters is 1. The molecule has 0 unspecified atom stereocenters. The summed E-state index contributed by atoms with van der Waals surface area (Å²) in [5, 5.41) is 10.4. The number of rotatable bonds is 5. The van der Waals surface area contributed by atoms with Crippen LogP contribution in [0.25, 0.3) is 0 Å². The Morgan fingerprint density at radius 2 is 2.18 bits per heavy atom. The van der Waals surface area contributed by atoms with Crippen molar-refractivity contribution in [3.8, 4) is 6.07 Å². The molecule has 22 heavy (non-hydrogen) atoms. The van der Waals surface area contributed by atoms with Gasteiger partial charge in [-0.2, -0.15) is 5.26 Å². The zero-order chi connectivity index (χ0) is 16.1. The molecule has 1 aliphatic rings. The predicted octanol–water partition coefficient (Wildman–Crippen LogP) is 2.54. The first-order valence-corrected chi connectivity index (χ1v) is 8.34. The number of ether oxygens (including phenoxy) is 1. The Bertz CT molecular complexity index is 603. The van der Waals surface area contributed by atoms with Crippen molar-refractivity contribution in [2.24, 2.45) is 0 Å². The van der Waals surface area contributed by atoms with Gasteiger partial charge in [-0.3, -0.25) is 4.79 Å². The number of nitriles is 1. The van der Waals surface area contributed by atoms with Crippen LogP contribution >= 0.6 is 11.3 Å². The van der Waals surface area contributed by atoms with Crippen molar-refractivity contribution in [2.75, 3.05) is 13.6 Å². The van der Waals surface area contributed by atoms with Gasteiger partial charge in [0, 0.05) is 23.8 Å². The maximum absolute atomic E-state index is 12.3. The number of amides is 1. The van der Waals surface area contributed by atoms with Crippen LogP contribution in [0.15, 0.2) is 5.38 Å². The van der Waals surface area contributed by atoms with Crippen molar-refractivity contribution < 1.29 is 14.3 Å². The highest BCUT2D eigenvalue weighted by Crippen LogP contribution is 2.30. The fourth-order valence-corrected chi connectivity index (χ4v) is 3.69. The molecular weight excluding hydrogens is 300 g/mol. The summed E-state index contributed by atoms with van der Waals surface area (Å²) in [6, 6.07) is 1.99. The Morgan fingerprint density at radius 1 is 1.45 bits per heavy atom. The van der Waals surface area contributed by atoms with E-state index in [9.17, 15) is 9.59 Å². The lowest BCUT2D eigenvalue weighted by molar-refractivity contribution is -0.138. The Morgan fingerprint density at radius 3 is 2.91 bits per heavy atom. The molecule has 0 aromatic carbocycles. The first-order valence-electron chi connectivity index (χ1n) is 7.46. The van der Waals surface area contributed by atoms with Crippen LogP contribution in [-0.2, 0) is 22.4 Å². The van der Waals surface area contributed by atoms with E-state index < -0.39 is 12.1 Å². The Labute approximate surface area is 134 Å². The third-order valence-corrected chi connectivity index (χ3v) is 4.94. The molecule has 0 bridgehead atoms. The number of likely N-dealkylation sites (N-methyl/N-ethyl adjacent to an activating group) is 1. The highest BCUT2D eigenvalue weighted by atomic mass is 32.1. The van der Waals surface area contributed by atoms with E-state index in [1.54, 1.807) is 25.3 Å². The van der Waals surface area contributed by atoms with Crippen molar-refractivity contribution in [1.82, 2.24) is 4.90 Å². The number of fused-ring (bicyclic) bond motifs is 1. The highest BCUT2D eigenvalue weighted by Gasteiger charge is 2.25. The lowest BCUT2D eigenvalue weighted by Crippen LogP contribution is -2.38. The molecule has 0 saturated heterocycles. The third kappa shape index (κ3) is 3.66. The van der Waals surface area contributed by atoms with Gasteiger partial charge in [0.15, 0.2) is 6.10 Å². The van der Waals surface area contributed by atoms with Crippen molar-refractivity contribution in [3.63, 3.8) is 0 Å². The molecule has 118 valence electrons. The van der Waals surface area contributed by atoms with Crippen molar-refractivity contribution >= 4 is 23.2 Å². The zero-order valence-corrected chi connectivity index (χ0v) is 13.7. The minimum atomic E-state index is -0.838. The first kappa shape index (κ1) is 16.5. The number of nitrogens with zero attached hydrogens (tertiary/aromatic N) is 2. The Balaban J connectivity index is 1.98. The number of carbonyl (C=O) groups is 2. The maximum atomic E-state index is 12.3. The molecule has 6 heteroatoms. The Kier molecular flexibility index (Phi) is 5.56. The molecule has 0 aliphatic heterocycles. The van der Waals surface area contributed by atoms with Gasteiger partial charge in [0.25, 0.3) is 5.91 Å². The van der Waals surface area contributed by atoms with Crippen molar-refractivity contribution in [3.05, 3.63) is 21.4 Å². The van der Waals surface area contributed by atoms with Crippen LogP contribution in [0, 0.1) is 11.3 Å². The fraction of sp³-hybridized carbons (Fsp3) is 0.562. The summed E-state index contributed by atoms with van der Waals surface area (Å²) in [5.41, 5.74) is 1.71. The third-order valence-electron chi connectivity index (χ3n) is 3.85. The number of aryl methyl sites for hydroxylation is 1. The van der Waals surface area contributed by atoms with Gasteiger partial charge in [0.2, 0.25) is 0 Å². The lowest BCUT2D eigenvalue weighted by atomic mass is 9.96. The molecule has 1 amide bonds. The smallest absolute Gasteiger partial charge is 0.340 e. The average Bonchev–Trinajstić information content (AvgIpc) is 2.95. The fourth-order valence-electron chi connectivity index (χ4n) is 2.58. The maximum Gasteiger partial charge on any atom is 0.340 e. The molecule has 1 aromatic rings. The van der Waals surface area contributed by atoms with Gasteiger partial charge in [-0.25, -0.2) is 4.79 Å². The number of hydrogen-bond donors (Lipinski definition) is 0. The van der Waals surface area contributed by atoms with E-state index in [1.165, 1.54) is 16.2 Å². The summed E-state index contributed by atoms with van der Waals surface area (Å²) in [6.45, 7) is 1.91. The summed E-state index contributed by atoms with van der Waals surface area (Å²) in [4.78, 5) is 27.1. The van der Waals surface area contributed by atoms with E-state index in [2.05, 4.69) is 0 Å². The second-order valence-electron chi connectivity index (χ2n) is 5.47. The number of carbonyl (C=O) groups excluding carboxylic acids is 2. The standard InChI is InChI=1S/C16H20N2O3S/c1-11(15(19)18(2)9-5-8-17)21-16(20)13-10-22-14-7-4-3-6-12(13)14/h10-11H,3-7,9H2,1-2H3/t11-/m0/s1. The molecular formula is C16H20N2O3S. The normalized spacial score (nSPS) is 14.6. The summed E-state index contributed by atoms with van der Waals surface area (Å²) in [7, 11) is 1.61. The first-order chi connectivity index (χ1) is 10.5. The van der Waals surface area contributed by atoms with E-state index in [0.717, 1.165) is 24.8 Å². The largest absolute Gasteiger partial charge is 0.449 e. The van der Waals surface area contributed by atoms with E-state index >= 15 is 0 Å². The molecule has 5 nitrogen and oxygen atoms in total. The second-order valence-corrected chi connectivity index (χ2v) is 6.44. The van der Waals surface area contributed by atoms with Gasteiger partial charge < -0.3 is 9.64 Å². The van der Waals surface area contributed by atoms with Gasteiger partial charge in [-0.15, -0.1) is 11.3 Å². The molecule has 0 fully saturated rings. The van der Waals surface area contributed by atoms with Gasteiger partial charge in [0.05, 0.1) is 18.1 Å². The summed E-state index contributed by atoms with van der Waals surface area (Å²) in [5.74, 6) is -0.707. The Hall–Kier alpha value is -1.87. The van der Waals surface area contributed by atoms with Crippen molar-refractivity contribution in [1.29, 1.82) is 5.26 Å². The molecule has 1 atom stereocenters. The van der Waals surface area contributed by atoms with Gasteiger partial charge in [-0.05, 0) is 38.2 Å². The highest BCUT2D eigenvalue weighted by molar-refractivity contribution is 7.10. The monoisotopic (exact) mass is 320 g/mol. The molecule has 1 aromatic heterocycles. The lowest BCUT2D eigenvalue weighted by Gasteiger charge is -2.20. The van der Waals surface area contributed by atoms with Crippen LogP contribution in [0.3, 0.4) is 0 Å². The summed E-state index contributed by atoms with van der Waals surface area (Å²) < 4.78 is 5.32. The molecule has 2 rings (SSSR count). The van der Waals surface area contributed by atoms with Crippen LogP contribution in [-0.4, -0.2) is 36.5 Å². The minimum absolute atomic E-state index is 0.265. The van der Waals surface area contributed by atoms with Gasteiger partial charge in [0.1, 0.15) is 0 Å². The van der Waals surface area contributed by atoms with Crippen LogP contribution < -0.4 is 0 Å². The van der Waals surface area contributed by atoms with Gasteiger partial charge >= 0.3 is 5.97 Å². The number of hydrogen-bond acceptors (Lipinski definition) is 5. The molecule has 0 N–H and O–H groups in total. The van der Waals surface area contributed by atoms with Crippen molar-refractivity contribution in [2.45, 2.75) is 45.1 Å². The summed E-state index contributed by atoms with van der Waals surface area (Å²) in [6.07, 6.45) is 3.62. The van der Waals surface area contributed by atoms with Gasteiger partial charge in [-0.1, -0.05) is 0 Å².